The molecule has 0 bridgehead atoms. The monoisotopic (exact) mass is 383 g/mol. The van der Waals surface area contributed by atoms with E-state index in [4.69, 9.17) is 4.74 Å². The Hall–Kier alpha value is -2.27. The fourth-order valence-electron chi connectivity index (χ4n) is 3.07. The average Bonchev–Trinajstić information content (AvgIpc) is 3.14. The van der Waals surface area contributed by atoms with E-state index in [9.17, 15) is 9.59 Å². The SMILES string of the molecule is CCCCOC(=O)[C@@H]1CS[C@H](c2ccccc2)N1C(=O)c1ccc(C)cc1. The maximum Gasteiger partial charge on any atom is 0.329 e. The zero-order valence-corrected chi connectivity index (χ0v) is 16.6. The lowest BCUT2D eigenvalue weighted by atomic mass is 10.1. The normalized spacial score (nSPS) is 19.1. The molecule has 0 radical (unpaired) electrons. The molecule has 1 fully saturated rings. The van der Waals surface area contributed by atoms with Gasteiger partial charge in [0.05, 0.1) is 6.61 Å². The number of rotatable bonds is 6. The minimum atomic E-state index is -0.564. The number of thioether (sulfide) groups is 1. The van der Waals surface area contributed by atoms with E-state index < -0.39 is 6.04 Å². The highest BCUT2D eigenvalue weighted by atomic mass is 32.2. The van der Waals surface area contributed by atoms with E-state index in [0.29, 0.717) is 17.9 Å². The molecule has 1 aliphatic rings. The molecule has 2 atom stereocenters. The van der Waals surface area contributed by atoms with Gasteiger partial charge in [0, 0.05) is 11.3 Å². The first-order valence-electron chi connectivity index (χ1n) is 9.34. The second-order valence-corrected chi connectivity index (χ2v) is 7.82. The summed E-state index contributed by atoms with van der Waals surface area (Å²) in [6, 6.07) is 16.8. The molecule has 1 heterocycles. The molecule has 0 aromatic heterocycles. The maximum atomic E-state index is 13.3. The van der Waals surface area contributed by atoms with Crippen molar-refractivity contribution >= 4 is 23.6 Å². The van der Waals surface area contributed by atoms with Gasteiger partial charge < -0.3 is 9.64 Å². The van der Waals surface area contributed by atoms with Crippen LogP contribution < -0.4 is 0 Å². The summed E-state index contributed by atoms with van der Waals surface area (Å²) in [5.41, 5.74) is 2.71. The Morgan fingerprint density at radius 1 is 1.11 bits per heavy atom. The van der Waals surface area contributed by atoms with Crippen molar-refractivity contribution in [2.45, 2.75) is 38.1 Å². The Balaban J connectivity index is 1.88. The summed E-state index contributed by atoms with van der Waals surface area (Å²) in [6.45, 7) is 4.44. The van der Waals surface area contributed by atoms with Crippen molar-refractivity contribution in [1.82, 2.24) is 4.90 Å². The van der Waals surface area contributed by atoms with Gasteiger partial charge in [-0.2, -0.15) is 0 Å². The topological polar surface area (TPSA) is 46.6 Å². The molecule has 5 heteroatoms. The lowest BCUT2D eigenvalue weighted by molar-refractivity contribution is -0.148. The van der Waals surface area contributed by atoms with Crippen LogP contribution in [-0.4, -0.2) is 35.2 Å². The van der Waals surface area contributed by atoms with Gasteiger partial charge in [-0.1, -0.05) is 61.4 Å². The Kier molecular flexibility index (Phi) is 6.56. The zero-order chi connectivity index (χ0) is 19.2. The van der Waals surface area contributed by atoms with Crippen molar-refractivity contribution in [2.24, 2.45) is 0 Å². The molecule has 0 aliphatic carbocycles. The van der Waals surface area contributed by atoms with E-state index in [1.807, 2.05) is 61.5 Å². The van der Waals surface area contributed by atoms with Crippen molar-refractivity contribution < 1.29 is 14.3 Å². The van der Waals surface area contributed by atoms with Gasteiger partial charge >= 0.3 is 5.97 Å². The van der Waals surface area contributed by atoms with Crippen molar-refractivity contribution in [1.29, 1.82) is 0 Å². The molecule has 1 aliphatic heterocycles. The van der Waals surface area contributed by atoms with Crippen LogP contribution in [0.3, 0.4) is 0 Å². The molecule has 0 N–H and O–H groups in total. The van der Waals surface area contributed by atoms with Gasteiger partial charge in [-0.05, 0) is 31.0 Å². The van der Waals surface area contributed by atoms with E-state index >= 15 is 0 Å². The Bertz CT molecular complexity index is 776. The van der Waals surface area contributed by atoms with Gasteiger partial charge in [-0.15, -0.1) is 11.8 Å². The summed E-state index contributed by atoms with van der Waals surface area (Å²) in [4.78, 5) is 27.7. The third-order valence-electron chi connectivity index (χ3n) is 4.63. The molecule has 4 nitrogen and oxygen atoms in total. The van der Waals surface area contributed by atoms with Crippen LogP contribution in [0.1, 0.15) is 46.6 Å². The van der Waals surface area contributed by atoms with Gasteiger partial charge in [0.1, 0.15) is 11.4 Å². The predicted molar refractivity (Wildman–Crippen MR) is 109 cm³/mol. The summed E-state index contributed by atoms with van der Waals surface area (Å²) in [7, 11) is 0. The molecule has 3 rings (SSSR count). The van der Waals surface area contributed by atoms with Crippen LogP contribution >= 0.6 is 11.8 Å². The molecule has 142 valence electrons. The Morgan fingerprint density at radius 2 is 1.81 bits per heavy atom. The number of esters is 1. The first kappa shape index (κ1) is 19.5. The third kappa shape index (κ3) is 4.53. The van der Waals surface area contributed by atoms with Gasteiger partial charge in [-0.3, -0.25) is 4.79 Å². The number of hydrogen-bond donors (Lipinski definition) is 0. The van der Waals surface area contributed by atoms with Crippen LogP contribution in [0.15, 0.2) is 54.6 Å². The van der Waals surface area contributed by atoms with Gasteiger partial charge in [-0.25, -0.2) is 4.79 Å². The van der Waals surface area contributed by atoms with E-state index in [1.54, 1.807) is 16.7 Å². The number of ether oxygens (including phenoxy) is 1. The molecule has 1 amide bonds. The summed E-state index contributed by atoms with van der Waals surface area (Å²) >= 11 is 1.61. The molecule has 0 unspecified atom stereocenters. The van der Waals surface area contributed by atoms with Crippen LogP contribution in [0, 0.1) is 6.92 Å². The third-order valence-corrected chi connectivity index (χ3v) is 5.96. The fraction of sp³-hybridized carbons (Fsp3) is 0.364. The molecule has 0 spiro atoms. The van der Waals surface area contributed by atoms with Crippen molar-refractivity contribution in [3.8, 4) is 0 Å². The van der Waals surface area contributed by atoms with Crippen molar-refractivity contribution in [2.75, 3.05) is 12.4 Å². The van der Waals surface area contributed by atoms with E-state index in [2.05, 4.69) is 6.92 Å². The lowest BCUT2D eigenvalue weighted by Crippen LogP contribution is -2.44. The first-order chi connectivity index (χ1) is 13.1. The van der Waals surface area contributed by atoms with E-state index in [1.165, 1.54) is 0 Å². The summed E-state index contributed by atoms with van der Waals surface area (Å²) in [5, 5.41) is -0.191. The standard InChI is InChI=1S/C22H25NO3S/c1-3-4-14-26-22(25)19-15-27-21(18-8-6-5-7-9-18)23(19)20(24)17-12-10-16(2)11-13-17/h5-13,19,21H,3-4,14-15H2,1-2H3/t19-,21+/m0/s1. The highest BCUT2D eigenvalue weighted by Crippen LogP contribution is 2.42. The molecule has 1 saturated heterocycles. The summed E-state index contributed by atoms with van der Waals surface area (Å²) in [5.74, 6) is 0.100. The molecule has 0 saturated carbocycles. The number of benzene rings is 2. The Morgan fingerprint density at radius 3 is 2.48 bits per heavy atom. The predicted octanol–water partition coefficient (Wildman–Crippen LogP) is 4.59. The van der Waals surface area contributed by atoms with Gasteiger partial charge in [0.15, 0.2) is 0 Å². The lowest BCUT2D eigenvalue weighted by Gasteiger charge is -2.28. The molecule has 2 aromatic rings. The smallest absolute Gasteiger partial charge is 0.329 e. The minimum absolute atomic E-state index is 0.133. The van der Waals surface area contributed by atoms with Crippen LogP contribution in [0.25, 0.3) is 0 Å². The second-order valence-electron chi connectivity index (χ2n) is 6.71. The minimum Gasteiger partial charge on any atom is -0.464 e. The van der Waals surface area contributed by atoms with Gasteiger partial charge in [0.25, 0.3) is 5.91 Å². The number of unbranched alkanes of at least 4 members (excludes halogenated alkanes) is 1. The van der Waals surface area contributed by atoms with Crippen LogP contribution in [0.5, 0.6) is 0 Å². The number of carbonyl (C=O) groups is 2. The zero-order valence-electron chi connectivity index (χ0n) is 15.8. The number of hydrogen-bond acceptors (Lipinski definition) is 4. The fourth-order valence-corrected chi connectivity index (χ4v) is 4.48. The highest BCUT2D eigenvalue weighted by molar-refractivity contribution is 7.99. The van der Waals surface area contributed by atoms with Crippen LogP contribution in [-0.2, 0) is 9.53 Å². The molecule has 27 heavy (non-hydrogen) atoms. The van der Waals surface area contributed by atoms with E-state index in [-0.39, 0.29) is 17.3 Å². The number of amides is 1. The summed E-state index contributed by atoms with van der Waals surface area (Å²) < 4.78 is 5.44. The maximum absolute atomic E-state index is 13.3. The average molecular weight is 384 g/mol. The van der Waals surface area contributed by atoms with Crippen molar-refractivity contribution in [3.05, 3.63) is 71.3 Å². The van der Waals surface area contributed by atoms with Crippen molar-refractivity contribution in [3.63, 3.8) is 0 Å². The highest BCUT2D eigenvalue weighted by Gasteiger charge is 2.43. The molecule has 2 aromatic carbocycles. The number of aryl methyl sites for hydroxylation is 1. The first-order valence-corrected chi connectivity index (χ1v) is 10.4. The van der Waals surface area contributed by atoms with Crippen LogP contribution in [0.2, 0.25) is 0 Å². The number of carbonyl (C=O) groups excluding carboxylic acids is 2. The van der Waals surface area contributed by atoms with Crippen LogP contribution in [0.4, 0.5) is 0 Å². The Labute approximate surface area is 164 Å². The molecular weight excluding hydrogens is 358 g/mol. The second kappa shape index (κ2) is 9.09. The van der Waals surface area contributed by atoms with Gasteiger partial charge in [0.2, 0.25) is 0 Å². The van der Waals surface area contributed by atoms with E-state index in [0.717, 1.165) is 24.0 Å². The molecular formula is C22H25NO3S. The number of nitrogens with zero attached hydrogens (tertiary/aromatic N) is 1. The largest absolute Gasteiger partial charge is 0.464 e. The quantitative estimate of drug-likeness (QED) is 0.540. The summed E-state index contributed by atoms with van der Waals surface area (Å²) in [6.07, 6.45) is 1.80.